The van der Waals surface area contributed by atoms with Crippen molar-refractivity contribution in [3.05, 3.63) is 0 Å². The van der Waals surface area contributed by atoms with Crippen molar-refractivity contribution in [3.63, 3.8) is 0 Å². The van der Waals surface area contributed by atoms with Crippen LogP contribution in [0.5, 0.6) is 0 Å². The van der Waals surface area contributed by atoms with Gasteiger partial charge in [0.1, 0.15) is 5.78 Å². The summed E-state index contributed by atoms with van der Waals surface area (Å²) in [5.41, 5.74) is -0.107. The van der Waals surface area contributed by atoms with Crippen LogP contribution in [-0.2, 0) is 19.0 Å². The van der Waals surface area contributed by atoms with Crippen LogP contribution in [0.2, 0.25) is 0 Å². The van der Waals surface area contributed by atoms with Gasteiger partial charge in [0.25, 0.3) is 0 Å². The minimum absolute atomic E-state index is 0.0185. The van der Waals surface area contributed by atoms with E-state index in [1.807, 2.05) is 0 Å². The lowest BCUT2D eigenvalue weighted by Crippen LogP contribution is -2.48. The predicted octanol–water partition coefficient (Wildman–Crippen LogP) is 1.16. The van der Waals surface area contributed by atoms with Crippen LogP contribution in [-0.4, -0.2) is 57.0 Å². The predicted molar refractivity (Wildman–Crippen MR) is 78.2 cm³/mol. The van der Waals surface area contributed by atoms with Gasteiger partial charge in [-0.3, -0.25) is 4.79 Å². The number of hydrogen-bond acceptors (Lipinski definition) is 5. The molecule has 3 aliphatic rings. The first-order valence-corrected chi connectivity index (χ1v) is 8.31. The van der Waals surface area contributed by atoms with Crippen molar-refractivity contribution in [3.8, 4) is 0 Å². The molecule has 0 aliphatic carbocycles. The van der Waals surface area contributed by atoms with Crippen molar-refractivity contribution in [2.75, 3.05) is 39.6 Å². The highest BCUT2D eigenvalue weighted by Crippen LogP contribution is 2.38. The summed E-state index contributed by atoms with van der Waals surface area (Å²) in [6, 6.07) is 0.191. The summed E-state index contributed by atoms with van der Waals surface area (Å²) in [4.78, 5) is 12.9. The van der Waals surface area contributed by atoms with E-state index in [0.717, 1.165) is 45.4 Å². The van der Waals surface area contributed by atoms with E-state index in [4.69, 9.17) is 14.2 Å². The van der Waals surface area contributed by atoms with Crippen LogP contribution < -0.4 is 5.32 Å². The van der Waals surface area contributed by atoms with E-state index in [1.54, 1.807) is 0 Å². The fourth-order valence-corrected chi connectivity index (χ4v) is 3.96. The topological polar surface area (TPSA) is 56.8 Å². The van der Waals surface area contributed by atoms with Gasteiger partial charge in [-0.2, -0.15) is 0 Å². The van der Waals surface area contributed by atoms with Crippen molar-refractivity contribution in [2.45, 2.75) is 44.2 Å². The summed E-state index contributed by atoms with van der Waals surface area (Å²) in [5.74, 6) is 0.530. The highest BCUT2D eigenvalue weighted by atomic mass is 16.5. The summed E-state index contributed by atoms with van der Waals surface area (Å²) < 4.78 is 17.0. The molecule has 3 atom stereocenters. The van der Waals surface area contributed by atoms with Gasteiger partial charge in [-0.05, 0) is 32.2 Å². The van der Waals surface area contributed by atoms with Crippen molar-refractivity contribution in [1.82, 2.24) is 5.32 Å². The summed E-state index contributed by atoms with van der Waals surface area (Å²) in [5, 5.41) is 3.39. The van der Waals surface area contributed by atoms with E-state index in [0.29, 0.717) is 25.6 Å². The van der Waals surface area contributed by atoms with Gasteiger partial charge in [0.05, 0.1) is 24.7 Å². The molecule has 3 aliphatic heterocycles. The Labute approximate surface area is 126 Å². The molecular weight excluding hydrogens is 270 g/mol. The highest BCUT2D eigenvalue weighted by molar-refractivity contribution is 5.84. The number of carbonyl (C=O) groups is 1. The van der Waals surface area contributed by atoms with Gasteiger partial charge >= 0.3 is 0 Å². The quantitative estimate of drug-likeness (QED) is 0.844. The molecule has 1 spiro atoms. The lowest BCUT2D eigenvalue weighted by molar-refractivity contribution is -0.159. The third kappa shape index (κ3) is 3.31. The lowest BCUT2D eigenvalue weighted by Gasteiger charge is -2.43. The van der Waals surface area contributed by atoms with Crippen LogP contribution in [0.15, 0.2) is 0 Å². The molecule has 0 aromatic rings. The molecule has 0 radical (unpaired) electrons. The normalized spacial score (nSPS) is 36.0. The molecule has 3 rings (SSSR count). The molecule has 0 bridgehead atoms. The summed E-state index contributed by atoms with van der Waals surface area (Å²) in [6.45, 7) is 6.41. The first-order chi connectivity index (χ1) is 10.2. The molecule has 0 amide bonds. The molecule has 0 saturated carbocycles. The van der Waals surface area contributed by atoms with Crippen molar-refractivity contribution < 1.29 is 19.0 Å². The van der Waals surface area contributed by atoms with E-state index in [-0.39, 0.29) is 23.5 Å². The molecule has 1 N–H and O–H groups in total. The monoisotopic (exact) mass is 297 g/mol. The van der Waals surface area contributed by atoms with Crippen molar-refractivity contribution >= 4 is 5.78 Å². The average Bonchev–Trinajstić information content (AvgIpc) is 2.96. The second-order valence-corrected chi connectivity index (χ2v) is 6.54. The standard InChI is InChI=1S/C16H27NO4/c1-2-17-14-11-20-10-13(14)15(18)12-3-6-21-16(9-12)4-7-19-8-5-16/h12-14,17H,2-11H2,1H3. The molecule has 0 aromatic heterocycles. The molecule has 3 heterocycles. The molecule has 5 nitrogen and oxygen atoms in total. The lowest BCUT2D eigenvalue weighted by atomic mass is 9.76. The van der Waals surface area contributed by atoms with Crippen molar-refractivity contribution in [1.29, 1.82) is 0 Å². The van der Waals surface area contributed by atoms with Crippen LogP contribution in [0.1, 0.15) is 32.6 Å². The van der Waals surface area contributed by atoms with Gasteiger partial charge in [-0.15, -0.1) is 0 Å². The van der Waals surface area contributed by atoms with Crippen molar-refractivity contribution in [2.24, 2.45) is 11.8 Å². The minimum Gasteiger partial charge on any atom is -0.381 e. The van der Waals surface area contributed by atoms with Crippen LogP contribution in [0.4, 0.5) is 0 Å². The second-order valence-electron chi connectivity index (χ2n) is 6.54. The maximum Gasteiger partial charge on any atom is 0.143 e. The average molecular weight is 297 g/mol. The van der Waals surface area contributed by atoms with Gasteiger partial charge in [-0.25, -0.2) is 0 Å². The van der Waals surface area contributed by atoms with E-state index in [1.165, 1.54) is 0 Å². The van der Waals surface area contributed by atoms with Crippen LogP contribution in [0, 0.1) is 11.8 Å². The number of likely N-dealkylation sites (N-methyl/N-ethyl adjacent to an activating group) is 1. The van der Waals surface area contributed by atoms with E-state index < -0.39 is 0 Å². The third-order valence-corrected chi connectivity index (χ3v) is 5.21. The number of nitrogens with one attached hydrogen (secondary N) is 1. The van der Waals surface area contributed by atoms with Crippen LogP contribution >= 0.6 is 0 Å². The van der Waals surface area contributed by atoms with Gasteiger partial charge in [0, 0.05) is 31.8 Å². The number of hydrogen-bond donors (Lipinski definition) is 1. The zero-order valence-corrected chi connectivity index (χ0v) is 12.9. The zero-order valence-electron chi connectivity index (χ0n) is 12.9. The fourth-order valence-electron chi connectivity index (χ4n) is 3.96. The Balaban J connectivity index is 1.64. The molecule has 3 fully saturated rings. The molecule has 5 heteroatoms. The molecule has 0 aromatic carbocycles. The summed E-state index contributed by atoms with van der Waals surface area (Å²) in [6.07, 6.45) is 3.57. The Hall–Kier alpha value is -0.490. The van der Waals surface area contributed by atoms with Gasteiger partial charge in [0.2, 0.25) is 0 Å². The second kappa shape index (κ2) is 6.73. The van der Waals surface area contributed by atoms with E-state index in [9.17, 15) is 4.79 Å². The van der Waals surface area contributed by atoms with Gasteiger partial charge in [0.15, 0.2) is 0 Å². The largest absolute Gasteiger partial charge is 0.381 e. The first kappa shape index (κ1) is 15.4. The smallest absolute Gasteiger partial charge is 0.143 e. The Bertz CT molecular complexity index is 362. The Morgan fingerprint density at radius 1 is 1.19 bits per heavy atom. The summed E-state index contributed by atoms with van der Waals surface area (Å²) in [7, 11) is 0. The third-order valence-electron chi connectivity index (χ3n) is 5.21. The highest BCUT2D eigenvalue weighted by Gasteiger charge is 2.44. The maximum atomic E-state index is 12.9. The molecule has 3 saturated heterocycles. The molecular formula is C16H27NO4. The Morgan fingerprint density at radius 2 is 2.00 bits per heavy atom. The molecule has 21 heavy (non-hydrogen) atoms. The van der Waals surface area contributed by atoms with Crippen LogP contribution in [0.25, 0.3) is 0 Å². The molecule has 3 unspecified atom stereocenters. The minimum atomic E-state index is -0.107. The Kier molecular flexibility index (Phi) is 4.94. The Morgan fingerprint density at radius 3 is 2.76 bits per heavy atom. The number of ether oxygens (including phenoxy) is 3. The maximum absolute atomic E-state index is 12.9. The number of carbonyl (C=O) groups excluding carboxylic acids is 1. The van der Waals surface area contributed by atoms with E-state index in [2.05, 4.69) is 12.2 Å². The zero-order chi connectivity index (χ0) is 14.7. The number of Topliss-reactive ketones (excluding diaryl/α,β-unsaturated/α-hetero) is 1. The molecule has 120 valence electrons. The van der Waals surface area contributed by atoms with E-state index >= 15 is 0 Å². The fraction of sp³-hybridized carbons (Fsp3) is 0.938. The summed E-state index contributed by atoms with van der Waals surface area (Å²) >= 11 is 0. The van der Waals surface area contributed by atoms with Gasteiger partial charge < -0.3 is 19.5 Å². The number of rotatable bonds is 4. The number of ketones is 1. The van der Waals surface area contributed by atoms with Crippen LogP contribution in [0.3, 0.4) is 0 Å². The first-order valence-electron chi connectivity index (χ1n) is 8.31. The van der Waals surface area contributed by atoms with Gasteiger partial charge in [-0.1, -0.05) is 6.92 Å². The SMILES string of the molecule is CCNC1COCC1C(=O)C1CCOC2(CCOCC2)C1.